The molecule has 1 atom stereocenters. The van der Waals surface area contributed by atoms with Crippen LogP contribution in [0.4, 0.5) is 0 Å². The van der Waals surface area contributed by atoms with Crippen molar-refractivity contribution in [3.63, 3.8) is 0 Å². The van der Waals surface area contributed by atoms with E-state index < -0.39 is 0 Å². The van der Waals surface area contributed by atoms with Crippen molar-refractivity contribution in [2.75, 3.05) is 0 Å². The van der Waals surface area contributed by atoms with Crippen molar-refractivity contribution in [2.45, 2.75) is 96.8 Å². The summed E-state index contributed by atoms with van der Waals surface area (Å²) in [5, 5.41) is 5.51. The molecular formula is C50H60Cl2SiZr-4. The van der Waals surface area contributed by atoms with Crippen molar-refractivity contribution in [3.05, 3.63) is 146 Å². The topological polar surface area (TPSA) is 0 Å². The van der Waals surface area contributed by atoms with E-state index in [0.29, 0.717) is 17.3 Å². The normalized spacial score (nSPS) is 20.9. The van der Waals surface area contributed by atoms with Crippen molar-refractivity contribution in [1.29, 1.82) is 0 Å². The fraction of sp³-hybridized carbons (Fsp3) is 0.360. The third-order valence-electron chi connectivity index (χ3n) is 12.6. The van der Waals surface area contributed by atoms with Crippen LogP contribution in [0.15, 0.2) is 109 Å². The van der Waals surface area contributed by atoms with Crippen LogP contribution in [-0.4, -0.2) is 6.88 Å². The molecule has 286 valence electrons. The van der Waals surface area contributed by atoms with E-state index in [1.807, 2.05) is 0 Å². The van der Waals surface area contributed by atoms with Gasteiger partial charge in [0.15, 0.2) is 0 Å². The molecule has 10 rings (SSSR count). The molecule has 6 aromatic rings. The molecule has 4 heteroatoms. The second-order valence-corrected chi connectivity index (χ2v) is 16.3. The zero-order valence-corrected chi connectivity index (χ0v) is 38.6. The number of rotatable bonds is 6. The van der Waals surface area contributed by atoms with Crippen LogP contribution >= 0.6 is 24.8 Å². The molecule has 4 fully saturated rings. The zero-order chi connectivity index (χ0) is 35.0. The van der Waals surface area contributed by atoms with Gasteiger partial charge in [-0.1, -0.05) is 113 Å². The summed E-state index contributed by atoms with van der Waals surface area (Å²) in [6, 6.07) is 41.5. The maximum absolute atomic E-state index is 3.06. The van der Waals surface area contributed by atoms with E-state index in [1.54, 1.807) is 5.56 Å². The Labute approximate surface area is 357 Å². The van der Waals surface area contributed by atoms with Gasteiger partial charge in [0, 0.05) is 0 Å². The van der Waals surface area contributed by atoms with E-state index in [4.69, 9.17) is 0 Å². The first-order chi connectivity index (χ1) is 24.3. The summed E-state index contributed by atoms with van der Waals surface area (Å²) in [7, 11) is 0. The molecule has 0 aliphatic heterocycles. The monoisotopic (exact) mass is 848 g/mol. The number of aryl methyl sites for hydroxylation is 1. The predicted molar refractivity (Wildman–Crippen MR) is 240 cm³/mol. The van der Waals surface area contributed by atoms with E-state index in [0.717, 1.165) is 17.8 Å². The van der Waals surface area contributed by atoms with Gasteiger partial charge in [-0.2, -0.15) is 12.1 Å². The Bertz CT molecular complexity index is 2030. The van der Waals surface area contributed by atoms with E-state index >= 15 is 0 Å². The zero-order valence-electron chi connectivity index (χ0n) is 33.5. The van der Waals surface area contributed by atoms with E-state index in [9.17, 15) is 0 Å². The van der Waals surface area contributed by atoms with Gasteiger partial charge in [0.25, 0.3) is 0 Å². The fourth-order valence-electron chi connectivity index (χ4n) is 10.2. The van der Waals surface area contributed by atoms with Crippen LogP contribution in [0.2, 0.25) is 0 Å². The Balaban J connectivity index is 0.000000263. The maximum atomic E-state index is 3.06. The van der Waals surface area contributed by atoms with Crippen molar-refractivity contribution in [3.8, 4) is 22.3 Å². The molecule has 0 heterocycles. The Morgan fingerprint density at radius 3 is 1.61 bits per heavy atom. The average molecular weight is 851 g/mol. The second-order valence-electron chi connectivity index (χ2n) is 16.3. The van der Waals surface area contributed by atoms with Crippen molar-refractivity contribution < 1.29 is 23.3 Å². The summed E-state index contributed by atoms with van der Waals surface area (Å²) in [6.07, 6.45) is 10.1. The van der Waals surface area contributed by atoms with Gasteiger partial charge >= 0.3 is 30.2 Å². The van der Waals surface area contributed by atoms with Crippen molar-refractivity contribution in [2.24, 2.45) is 17.8 Å². The third-order valence-corrected chi connectivity index (χ3v) is 12.6. The SMILES string of the molecule is CCC(C)c1cc2c(-c3ccc(C(C)C)cc3)cccc2[cH-]1.Cc1cc2c(-c3ccc(C45CC6CC(CC(C6)C4)C5)cc3)cccc2[cH-]1.Cl.Cl.[CH3-].[CH3-].[Si]=[Zr]. The van der Waals surface area contributed by atoms with Crippen LogP contribution in [0, 0.1) is 39.5 Å². The Hall–Kier alpha value is -2.22. The average Bonchev–Trinajstić information content (AvgIpc) is 3.75. The van der Waals surface area contributed by atoms with E-state index in [1.165, 1.54) is 129 Å². The van der Waals surface area contributed by atoms with Crippen LogP contribution in [0.3, 0.4) is 0 Å². The third kappa shape index (κ3) is 9.31. The van der Waals surface area contributed by atoms with Gasteiger partial charge in [-0.3, -0.25) is 0 Å². The number of halogens is 2. The number of hydrogen-bond donors (Lipinski definition) is 0. The van der Waals surface area contributed by atoms with E-state index in [2.05, 4.69) is 151 Å². The molecule has 2 radical (unpaired) electrons. The van der Waals surface area contributed by atoms with Gasteiger partial charge in [0.05, 0.1) is 0 Å². The predicted octanol–water partition coefficient (Wildman–Crippen LogP) is 15.2. The van der Waals surface area contributed by atoms with Gasteiger partial charge in [-0.15, -0.1) is 93.9 Å². The minimum absolute atomic E-state index is 0. The molecule has 4 bridgehead atoms. The van der Waals surface area contributed by atoms with Gasteiger partial charge in [0.1, 0.15) is 0 Å². The quantitative estimate of drug-likeness (QED) is 0.116. The Morgan fingerprint density at radius 1 is 0.667 bits per heavy atom. The summed E-state index contributed by atoms with van der Waals surface area (Å²) < 4.78 is 0. The first-order valence-electron chi connectivity index (χ1n) is 19.1. The van der Waals surface area contributed by atoms with Gasteiger partial charge in [0.2, 0.25) is 0 Å². The summed E-state index contributed by atoms with van der Waals surface area (Å²) in [4.78, 5) is 0. The Kier molecular flexibility index (Phi) is 16.9. The molecule has 4 aliphatic carbocycles. The Morgan fingerprint density at radius 2 is 1.13 bits per heavy atom. The second kappa shape index (κ2) is 19.8. The van der Waals surface area contributed by atoms with Crippen molar-refractivity contribution >= 4 is 53.2 Å². The van der Waals surface area contributed by atoms with Crippen LogP contribution in [0.5, 0.6) is 0 Å². The van der Waals surface area contributed by atoms with Gasteiger partial charge in [-0.05, 0) is 95.8 Å². The van der Waals surface area contributed by atoms with Crippen LogP contribution in [0.25, 0.3) is 43.8 Å². The molecule has 0 saturated heterocycles. The number of hydrogen-bond acceptors (Lipinski definition) is 0. The number of benzene rings is 4. The molecule has 0 amide bonds. The van der Waals surface area contributed by atoms with Crippen LogP contribution in [0.1, 0.15) is 107 Å². The molecule has 1 unspecified atom stereocenters. The molecule has 4 saturated carbocycles. The minimum atomic E-state index is 0. The molecule has 4 aliphatic rings. The molecule has 6 aromatic carbocycles. The van der Waals surface area contributed by atoms with Crippen molar-refractivity contribution in [1.82, 2.24) is 0 Å². The molecular weight excluding hydrogens is 791 g/mol. The molecule has 0 N–H and O–H groups in total. The van der Waals surface area contributed by atoms with E-state index in [-0.39, 0.29) is 39.7 Å². The summed E-state index contributed by atoms with van der Waals surface area (Å²) >= 11 is 1.36. The van der Waals surface area contributed by atoms with Crippen LogP contribution < -0.4 is 0 Å². The van der Waals surface area contributed by atoms with Gasteiger partial charge < -0.3 is 14.9 Å². The van der Waals surface area contributed by atoms with Crippen LogP contribution in [-0.2, 0) is 28.8 Å². The summed E-state index contributed by atoms with van der Waals surface area (Å²) in [5.74, 6) is 4.26. The standard InChI is InChI=1S/C26H27.C22H25.2CH3.2ClH.Si.Zr/c1-17-9-22-3-2-4-24(25(22)10-17)21-5-7-23(8-6-21)26-14-18-11-19(15-26)13-20(12-18)16-26;1-5-16(4)20-13-19-7-6-8-21(22(19)14-20)18-11-9-17(10-12-18)15(2)3;;;;;;/h2-10,18-20H,11-16H2,1H3;6-16H,5H2,1-4H3;2*1H3;2*1H;;/q4*-1;;;;. The molecule has 0 spiro atoms. The first kappa shape index (κ1) is 46.2. The molecule has 0 nitrogen and oxygen atoms in total. The van der Waals surface area contributed by atoms with Gasteiger partial charge in [-0.25, -0.2) is 0 Å². The fourth-order valence-corrected chi connectivity index (χ4v) is 10.2. The molecule has 54 heavy (non-hydrogen) atoms. The molecule has 0 aromatic heterocycles. The summed E-state index contributed by atoms with van der Waals surface area (Å²) in [5.41, 5.74) is 11.8. The summed E-state index contributed by atoms with van der Waals surface area (Å²) in [6.45, 7) is 14.3. The first-order valence-corrected chi connectivity index (χ1v) is 23.3. The number of fused-ring (bicyclic) bond motifs is 2.